The van der Waals surface area contributed by atoms with E-state index in [0.717, 1.165) is 36.5 Å². The number of piperidine rings is 1. The summed E-state index contributed by atoms with van der Waals surface area (Å²) in [6.45, 7) is 2.03. The first-order valence-electron chi connectivity index (χ1n) is 8.42. The molecule has 0 aliphatic carbocycles. The summed E-state index contributed by atoms with van der Waals surface area (Å²) in [4.78, 5) is 9.03. The van der Waals surface area contributed by atoms with Crippen LogP contribution in [-0.4, -0.2) is 36.2 Å². The van der Waals surface area contributed by atoms with Gasteiger partial charge in [-0.3, -0.25) is 9.88 Å². The minimum absolute atomic E-state index is 0.134. The number of fused-ring (bicyclic) bond motifs is 1. The third kappa shape index (κ3) is 2.61. The summed E-state index contributed by atoms with van der Waals surface area (Å²) in [7, 11) is 2.16. The Morgan fingerprint density at radius 1 is 1.13 bits per heavy atom. The van der Waals surface area contributed by atoms with Crippen LogP contribution in [0.4, 0.5) is 10.1 Å². The maximum atomic E-state index is 14.6. The lowest BCUT2D eigenvalue weighted by atomic mass is 9.93. The molecule has 3 heterocycles. The lowest BCUT2D eigenvalue weighted by Crippen LogP contribution is -2.50. The molecule has 23 heavy (non-hydrogen) atoms. The van der Waals surface area contributed by atoms with Gasteiger partial charge < -0.3 is 4.90 Å². The molecule has 2 fully saturated rings. The van der Waals surface area contributed by atoms with Gasteiger partial charge in [0, 0.05) is 24.8 Å². The molecule has 3 nitrogen and oxygen atoms in total. The molecule has 120 valence electrons. The van der Waals surface area contributed by atoms with Crippen molar-refractivity contribution in [1.29, 1.82) is 0 Å². The summed E-state index contributed by atoms with van der Waals surface area (Å²) in [5, 5.41) is 0. The fraction of sp³-hybridized carbons (Fsp3) is 0.421. The Labute approximate surface area is 136 Å². The number of rotatable bonds is 2. The van der Waals surface area contributed by atoms with Gasteiger partial charge in [0.05, 0.1) is 17.5 Å². The fourth-order valence-corrected chi connectivity index (χ4v) is 4.14. The van der Waals surface area contributed by atoms with E-state index in [9.17, 15) is 4.39 Å². The van der Waals surface area contributed by atoms with Crippen LogP contribution in [0.1, 0.15) is 19.3 Å². The number of hydrogen-bond donors (Lipinski definition) is 0. The van der Waals surface area contributed by atoms with Crippen LogP contribution in [0.3, 0.4) is 0 Å². The number of likely N-dealkylation sites (tertiary alicyclic amines) is 1. The molecule has 0 amide bonds. The van der Waals surface area contributed by atoms with Gasteiger partial charge in [-0.05, 0) is 62.6 Å². The Hall–Kier alpha value is -1.94. The van der Waals surface area contributed by atoms with E-state index < -0.39 is 0 Å². The highest BCUT2D eigenvalue weighted by atomic mass is 19.1. The first-order chi connectivity index (χ1) is 11.2. The highest BCUT2D eigenvalue weighted by Crippen LogP contribution is 2.38. The lowest BCUT2D eigenvalue weighted by molar-refractivity contribution is 0.226. The quantitative estimate of drug-likeness (QED) is 0.842. The zero-order valence-electron chi connectivity index (χ0n) is 13.5. The van der Waals surface area contributed by atoms with Gasteiger partial charge in [-0.15, -0.1) is 0 Å². The Balaban J connectivity index is 1.73. The van der Waals surface area contributed by atoms with Crippen LogP contribution in [0.5, 0.6) is 0 Å². The standard InChI is InChI=1S/C19H22FN3/c1-22-12-9-14-5-4-11-23(19(14)22)18-13-15(7-8-16(18)20)17-6-2-3-10-21-17/h2-3,6-8,10,13-14,19H,4-5,9,11-12H2,1H3. The number of pyridine rings is 1. The van der Waals surface area contributed by atoms with Crippen LogP contribution in [0.25, 0.3) is 11.3 Å². The van der Waals surface area contributed by atoms with Crippen molar-refractivity contribution in [2.75, 3.05) is 25.0 Å². The van der Waals surface area contributed by atoms with Gasteiger partial charge in [-0.2, -0.15) is 0 Å². The van der Waals surface area contributed by atoms with E-state index in [2.05, 4.69) is 21.8 Å². The number of nitrogens with zero attached hydrogens (tertiary/aromatic N) is 3. The SMILES string of the molecule is CN1CCC2CCCN(c3cc(-c4ccccn4)ccc3F)C21. The van der Waals surface area contributed by atoms with Crippen molar-refractivity contribution in [3.05, 3.63) is 48.4 Å². The van der Waals surface area contributed by atoms with E-state index in [1.165, 1.54) is 12.8 Å². The molecule has 0 saturated carbocycles. The molecule has 4 heteroatoms. The van der Waals surface area contributed by atoms with Crippen LogP contribution in [0, 0.1) is 11.7 Å². The third-order valence-electron chi connectivity index (χ3n) is 5.24. The maximum Gasteiger partial charge on any atom is 0.146 e. The number of benzene rings is 1. The van der Waals surface area contributed by atoms with Crippen LogP contribution >= 0.6 is 0 Å². The zero-order chi connectivity index (χ0) is 15.8. The summed E-state index contributed by atoms with van der Waals surface area (Å²) in [6, 6.07) is 11.2. The van der Waals surface area contributed by atoms with E-state index in [1.54, 1.807) is 12.3 Å². The molecule has 2 aromatic rings. The third-order valence-corrected chi connectivity index (χ3v) is 5.24. The van der Waals surface area contributed by atoms with Crippen molar-refractivity contribution >= 4 is 5.69 Å². The summed E-state index contributed by atoms with van der Waals surface area (Å²) in [5.74, 6) is 0.525. The van der Waals surface area contributed by atoms with Crippen molar-refractivity contribution in [1.82, 2.24) is 9.88 Å². The molecule has 2 unspecified atom stereocenters. The molecular weight excluding hydrogens is 289 g/mol. The monoisotopic (exact) mass is 311 g/mol. The molecule has 2 saturated heterocycles. The second kappa shape index (κ2) is 5.93. The minimum atomic E-state index is -0.134. The van der Waals surface area contributed by atoms with Crippen molar-refractivity contribution in [2.45, 2.75) is 25.4 Å². The summed E-state index contributed by atoms with van der Waals surface area (Å²) < 4.78 is 14.6. The highest BCUT2D eigenvalue weighted by Gasteiger charge is 2.39. The van der Waals surface area contributed by atoms with Crippen molar-refractivity contribution in [3.63, 3.8) is 0 Å². The van der Waals surface area contributed by atoms with Gasteiger partial charge in [-0.25, -0.2) is 4.39 Å². The largest absolute Gasteiger partial charge is 0.353 e. The van der Waals surface area contributed by atoms with Crippen LogP contribution < -0.4 is 4.90 Å². The summed E-state index contributed by atoms with van der Waals surface area (Å²) in [5.41, 5.74) is 2.59. The smallest absolute Gasteiger partial charge is 0.146 e. The van der Waals surface area contributed by atoms with E-state index in [0.29, 0.717) is 12.1 Å². The number of halogens is 1. The second-order valence-electron chi connectivity index (χ2n) is 6.66. The minimum Gasteiger partial charge on any atom is -0.353 e. The molecule has 0 N–H and O–H groups in total. The molecule has 2 aliphatic rings. The predicted molar refractivity (Wildman–Crippen MR) is 90.7 cm³/mol. The average Bonchev–Trinajstić information content (AvgIpc) is 2.98. The van der Waals surface area contributed by atoms with Crippen molar-refractivity contribution < 1.29 is 4.39 Å². The Bertz CT molecular complexity index is 686. The lowest BCUT2D eigenvalue weighted by Gasteiger charge is -2.42. The molecule has 2 atom stereocenters. The van der Waals surface area contributed by atoms with Crippen molar-refractivity contribution in [3.8, 4) is 11.3 Å². The Morgan fingerprint density at radius 3 is 2.87 bits per heavy atom. The van der Waals surface area contributed by atoms with E-state index in [1.807, 2.05) is 30.3 Å². The topological polar surface area (TPSA) is 19.4 Å². The predicted octanol–water partition coefficient (Wildman–Crippen LogP) is 3.77. The molecule has 0 bridgehead atoms. The molecule has 2 aliphatic heterocycles. The summed E-state index contributed by atoms with van der Waals surface area (Å²) in [6.07, 6.45) is 5.73. The first kappa shape index (κ1) is 14.6. The van der Waals surface area contributed by atoms with Gasteiger partial charge in [0.1, 0.15) is 5.82 Å². The Morgan fingerprint density at radius 2 is 2.04 bits per heavy atom. The fourth-order valence-electron chi connectivity index (χ4n) is 4.14. The zero-order valence-corrected chi connectivity index (χ0v) is 13.5. The van der Waals surface area contributed by atoms with Crippen LogP contribution in [-0.2, 0) is 0 Å². The van der Waals surface area contributed by atoms with Crippen LogP contribution in [0.15, 0.2) is 42.6 Å². The van der Waals surface area contributed by atoms with E-state index >= 15 is 0 Å². The molecular formula is C19H22FN3. The van der Waals surface area contributed by atoms with Gasteiger partial charge >= 0.3 is 0 Å². The molecule has 4 rings (SSSR count). The van der Waals surface area contributed by atoms with E-state index in [4.69, 9.17) is 0 Å². The van der Waals surface area contributed by atoms with E-state index in [-0.39, 0.29) is 5.82 Å². The number of hydrogen-bond acceptors (Lipinski definition) is 3. The Kier molecular flexibility index (Phi) is 3.77. The normalized spacial score (nSPS) is 24.7. The summed E-state index contributed by atoms with van der Waals surface area (Å²) >= 11 is 0. The van der Waals surface area contributed by atoms with Gasteiger partial charge in [0.25, 0.3) is 0 Å². The molecule has 1 aromatic carbocycles. The average molecular weight is 311 g/mol. The maximum absolute atomic E-state index is 14.6. The molecule has 0 radical (unpaired) electrons. The van der Waals surface area contributed by atoms with Crippen LogP contribution in [0.2, 0.25) is 0 Å². The van der Waals surface area contributed by atoms with Gasteiger partial charge in [-0.1, -0.05) is 6.07 Å². The number of aromatic nitrogens is 1. The second-order valence-corrected chi connectivity index (χ2v) is 6.66. The van der Waals surface area contributed by atoms with Gasteiger partial charge in [0.15, 0.2) is 0 Å². The van der Waals surface area contributed by atoms with Gasteiger partial charge in [0.2, 0.25) is 0 Å². The molecule has 0 spiro atoms. The highest BCUT2D eigenvalue weighted by molar-refractivity contribution is 5.66. The van der Waals surface area contributed by atoms with Crippen molar-refractivity contribution in [2.24, 2.45) is 5.92 Å². The molecule has 1 aromatic heterocycles. The first-order valence-corrected chi connectivity index (χ1v) is 8.42. The number of anilines is 1.